The van der Waals surface area contributed by atoms with E-state index in [0.717, 1.165) is 38.5 Å². The van der Waals surface area contributed by atoms with Gasteiger partial charge in [-0.05, 0) is 57.8 Å². The molecule has 0 rings (SSSR count). The van der Waals surface area contributed by atoms with Crippen molar-refractivity contribution >= 4 is 11.9 Å². The third kappa shape index (κ3) is 63.5. The lowest BCUT2D eigenvalue weighted by atomic mass is 10.0. The van der Waals surface area contributed by atoms with Gasteiger partial charge in [0.15, 0.2) is 0 Å². The van der Waals surface area contributed by atoms with Gasteiger partial charge in [-0.15, -0.1) is 0 Å². The Morgan fingerprint density at radius 2 is 0.603 bits per heavy atom. The van der Waals surface area contributed by atoms with E-state index in [9.17, 15) is 19.8 Å². The van der Waals surface area contributed by atoms with Crippen molar-refractivity contribution < 1.29 is 24.5 Å². The van der Waals surface area contributed by atoms with Crippen LogP contribution in [0.1, 0.15) is 399 Å². The average molecular weight is 1100 g/mol. The van der Waals surface area contributed by atoms with Crippen molar-refractivity contribution in [1.82, 2.24) is 5.32 Å². The lowest BCUT2D eigenvalue weighted by molar-refractivity contribution is -0.143. The number of hydrogen-bond donors (Lipinski definition) is 3. The highest BCUT2D eigenvalue weighted by Gasteiger charge is 2.18. The predicted octanol–water partition coefficient (Wildman–Crippen LogP) is 22.9. The molecule has 6 heteroatoms. The lowest BCUT2D eigenvalue weighted by Gasteiger charge is -2.20. The van der Waals surface area contributed by atoms with Crippen molar-refractivity contribution in [1.29, 1.82) is 0 Å². The number of amides is 1. The Bertz CT molecular complexity index is 1220. The summed E-state index contributed by atoms with van der Waals surface area (Å²) < 4.78 is 5.49. The first-order valence-corrected chi connectivity index (χ1v) is 35.6. The molecule has 0 aliphatic rings. The number of carbonyl (C=O) groups excluding carboxylic acids is 2. The monoisotopic (exact) mass is 1100 g/mol. The highest BCUT2D eigenvalue weighted by Crippen LogP contribution is 2.19. The van der Waals surface area contributed by atoms with E-state index in [-0.39, 0.29) is 18.5 Å². The molecule has 0 saturated carbocycles. The number of carbonyl (C=O) groups is 2. The summed E-state index contributed by atoms with van der Waals surface area (Å²) in [7, 11) is 0. The molecule has 0 bridgehead atoms. The van der Waals surface area contributed by atoms with Gasteiger partial charge in [0.1, 0.15) is 0 Å². The van der Waals surface area contributed by atoms with Gasteiger partial charge >= 0.3 is 5.97 Å². The lowest BCUT2D eigenvalue weighted by Crippen LogP contribution is -2.45. The van der Waals surface area contributed by atoms with Gasteiger partial charge in [-0.2, -0.15) is 0 Å². The highest BCUT2D eigenvalue weighted by molar-refractivity contribution is 5.76. The summed E-state index contributed by atoms with van der Waals surface area (Å²) in [6.07, 6.45) is 85.4. The van der Waals surface area contributed by atoms with Crippen LogP contribution in [0, 0.1) is 0 Å². The second-order valence-corrected chi connectivity index (χ2v) is 24.6. The molecule has 6 nitrogen and oxygen atoms in total. The molecule has 0 saturated heterocycles. The summed E-state index contributed by atoms with van der Waals surface area (Å²) in [5.41, 5.74) is 0. The molecule has 0 radical (unpaired) electrons. The first kappa shape index (κ1) is 76.3. The van der Waals surface area contributed by atoms with Gasteiger partial charge in [-0.3, -0.25) is 9.59 Å². The fourth-order valence-corrected chi connectivity index (χ4v) is 11.3. The van der Waals surface area contributed by atoms with Crippen LogP contribution in [0.2, 0.25) is 0 Å². The van der Waals surface area contributed by atoms with Crippen LogP contribution in [0.4, 0.5) is 0 Å². The van der Waals surface area contributed by atoms with E-state index in [1.54, 1.807) is 6.08 Å². The Balaban J connectivity index is 3.41. The second kappa shape index (κ2) is 67.8. The molecule has 0 aromatic carbocycles. The van der Waals surface area contributed by atoms with Crippen molar-refractivity contribution in [2.75, 3.05) is 13.2 Å². The van der Waals surface area contributed by atoms with Crippen LogP contribution in [0.3, 0.4) is 0 Å². The Morgan fingerprint density at radius 1 is 0.346 bits per heavy atom. The number of unbranched alkanes of at least 4 members (excludes halogenated alkanes) is 54. The van der Waals surface area contributed by atoms with Crippen molar-refractivity contribution in [2.24, 2.45) is 0 Å². The summed E-state index contributed by atoms with van der Waals surface area (Å²) >= 11 is 0. The summed E-state index contributed by atoms with van der Waals surface area (Å²) in [6.45, 7) is 4.94. The molecule has 0 aromatic heterocycles. The number of rotatable bonds is 67. The maximum absolute atomic E-state index is 12.5. The number of nitrogens with one attached hydrogen (secondary N) is 1. The molecule has 0 aliphatic heterocycles. The second-order valence-electron chi connectivity index (χ2n) is 24.6. The zero-order valence-corrected chi connectivity index (χ0v) is 52.9. The summed E-state index contributed by atoms with van der Waals surface area (Å²) in [6, 6.07) is -0.629. The first-order chi connectivity index (χ1) is 38.5. The Labute approximate surface area is 488 Å². The molecule has 0 aromatic rings. The Kier molecular flexibility index (Phi) is 66.4. The molecule has 2 unspecified atom stereocenters. The predicted molar refractivity (Wildman–Crippen MR) is 343 cm³/mol. The van der Waals surface area contributed by atoms with Gasteiger partial charge in [0, 0.05) is 12.8 Å². The van der Waals surface area contributed by atoms with E-state index < -0.39 is 12.1 Å². The highest BCUT2D eigenvalue weighted by atomic mass is 16.5. The molecule has 0 fully saturated rings. The Hall–Kier alpha value is -1.66. The molecule has 0 heterocycles. The van der Waals surface area contributed by atoms with Crippen molar-refractivity contribution in [3.63, 3.8) is 0 Å². The molecule has 2 atom stereocenters. The number of esters is 1. The third-order valence-electron chi connectivity index (χ3n) is 16.7. The van der Waals surface area contributed by atoms with Crippen LogP contribution in [0.15, 0.2) is 24.3 Å². The summed E-state index contributed by atoms with van der Waals surface area (Å²) in [5, 5.41) is 23.2. The molecule has 78 heavy (non-hydrogen) atoms. The van der Waals surface area contributed by atoms with E-state index >= 15 is 0 Å². The zero-order valence-electron chi connectivity index (χ0n) is 52.9. The molecule has 1 amide bonds. The minimum atomic E-state index is -0.846. The van der Waals surface area contributed by atoms with Crippen LogP contribution in [-0.4, -0.2) is 47.4 Å². The van der Waals surface area contributed by atoms with E-state index in [2.05, 4.69) is 31.3 Å². The van der Waals surface area contributed by atoms with Crippen molar-refractivity contribution in [3.8, 4) is 0 Å². The van der Waals surface area contributed by atoms with Gasteiger partial charge in [0.25, 0.3) is 0 Å². The zero-order chi connectivity index (χ0) is 56.4. The topological polar surface area (TPSA) is 95.9 Å². The first-order valence-electron chi connectivity index (χ1n) is 35.6. The van der Waals surface area contributed by atoms with Gasteiger partial charge < -0.3 is 20.3 Å². The normalized spacial score (nSPS) is 12.6. The van der Waals surface area contributed by atoms with E-state index in [1.165, 1.54) is 334 Å². The molecule has 0 aliphatic carbocycles. The fraction of sp³-hybridized carbons (Fsp3) is 0.917. The maximum atomic E-state index is 12.5. The molecule has 3 N–H and O–H groups in total. The van der Waals surface area contributed by atoms with E-state index in [0.29, 0.717) is 19.4 Å². The summed E-state index contributed by atoms with van der Waals surface area (Å²) in [4.78, 5) is 24.6. The van der Waals surface area contributed by atoms with Crippen LogP contribution in [0.5, 0.6) is 0 Å². The summed E-state index contributed by atoms with van der Waals surface area (Å²) in [5.74, 6) is -0.0477. The van der Waals surface area contributed by atoms with Gasteiger partial charge in [0.05, 0.1) is 25.4 Å². The molecular formula is C72H139NO5. The standard InChI is InChI=1S/C72H139NO5/c1-3-5-7-9-11-13-15-17-18-19-20-28-31-34-37-41-44-48-52-56-60-64-70(75)69(68-74)73-71(76)65-61-57-53-49-45-42-38-35-32-29-26-24-22-21-23-25-27-30-33-36-39-43-47-51-55-59-63-67-78-72(77)66-62-58-54-50-46-40-16-14-12-10-8-6-4-2/h21-22,60,64,69-70,74-75H,3-20,23-59,61-63,65-68H2,1-2H3,(H,73,76)/b22-21-,64-60+. The number of hydrogen-bond acceptors (Lipinski definition) is 5. The van der Waals surface area contributed by atoms with Gasteiger partial charge in [-0.1, -0.05) is 353 Å². The number of aliphatic hydroxyl groups is 2. The minimum absolute atomic E-state index is 0.0170. The van der Waals surface area contributed by atoms with Crippen LogP contribution < -0.4 is 5.32 Å². The maximum Gasteiger partial charge on any atom is 0.305 e. The van der Waals surface area contributed by atoms with E-state index in [1.807, 2.05) is 6.08 Å². The van der Waals surface area contributed by atoms with E-state index in [4.69, 9.17) is 4.74 Å². The number of aliphatic hydroxyl groups excluding tert-OH is 2. The third-order valence-corrected chi connectivity index (χ3v) is 16.7. The fourth-order valence-electron chi connectivity index (χ4n) is 11.3. The van der Waals surface area contributed by atoms with Crippen LogP contribution in [-0.2, 0) is 14.3 Å². The van der Waals surface area contributed by atoms with Gasteiger partial charge in [0.2, 0.25) is 5.91 Å². The van der Waals surface area contributed by atoms with Crippen LogP contribution in [0.25, 0.3) is 0 Å². The SMILES string of the molecule is CCCCCCCCCCCCCCCCCCCCC/C=C/C(O)C(CO)NC(=O)CCCCCCCCCCCCC/C=C\CCCCCCCCCCCCCCOC(=O)CCCCCCCCCCCCCCC. The molecular weight excluding hydrogens is 959 g/mol. The average Bonchev–Trinajstić information content (AvgIpc) is 3.44. The number of ether oxygens (including phenoxy) is 1. The smallest absolute Gasteiger partial charge is 0.305 e. The number of allylic oxidation sites excluding steroid dienone is 3. The Morgan fingerprint density at radius 3 is 0.910 bits per heavy atom. The minimum Gasteiger partial charge on any atom is -0.466 e. The largest absolute Gasteiger partial charge is 0.466 e. The van der Waals surface area contributed by atoms with Crippen LogP contribution >= 0.6 is 0 Å². The quantitative estimate of drug-likeness (QED) is 0.0320. The molecule has 0 spiro atoms. The molecule has 462 valence electrons. The van der Waals surface area contributed by atoms with Crippen molar-refractivity contribution in [2.45, 2.75) is 411 Å². The van der Waals surface area contributed by atoms with Crippen molar-refractivity contribution in [3.05, 3.63) is 24.3 Å². The van der Waals surface area contributed by atoms with Gasteiger partial charge in [-0.25, -0.2) is 0 Å².